The van der Waals surface area contributed by atoms with Crippen LogP contribution in [0.25, 0.3) is 0 Å². The summed E-state index contributed by atoms with van der Waals surface area (Å²) in [6.45, 7) is 5.03. The molecule has 0 aromatic carbocycles. The van der Waals surface area contributed by atoms with Gasteiger partial charge in [0.2, 0.25) is 0 Å². The van der Waals surface area contributed by atoms with Crippen molar-refractivity contribution in [2.24, 2.45) is 5.92 Å². The van der Waals surface area contributed by atoms with Crippen LogP contribution in [0.1, 0.15) is 51.0 Å². The molecule has 0 amide bonds. The van der Waals surface area contributed by atoms with Crippen LogP contribution in [0.3, 0.4) is 0 Å². The second kappa shape index (κ2) is 6.97. The molecule has 1 aromatic rings. The van der Waals surface area contributed by atoms with E-state index < -0.39 is 0 Å². The van der Waals surface area contributed by atoms with Gasteiger partial charge < -0.3 is 10.2 Å². The third kappa shape index (κ3) is 3.35. The number of nitrogens with one attached hydrogen (secondary N) is 1. The first-order valence-corrected chi connectivity index (χ1v) is 8.79. The highest BCUT2D eigenvalue weighted by Gasteiger charge is 2.34. The Kier molecular flexibility index (Phi) is 5.02. The van der Waals surface area contributed by atoms with Gasteiger partial charge in [0, 0.05) is 25.3 Å². The van der Waals surface area contributed by atoms with Crippen LogP contribution in [0.2, 0.25) is 5.02 Å². The molecule has 2 fully saturated rings. The van der Waals surface area contributed by atoms with Crippen molar-refractivity contribution in [2.45, 2.75) is 58.0 Å². The highest BCUT2D eigenvalue weighted by molar-refractivity contribution is 6.33. The fourth-order valence-electron chi connectivity index (χ4n) is 3.94. The lowest BCUT2D eigenvalue weighted by Crippen LogP contribution is -2.35. The van der Waals surface area contributed by atoms with Gasteiger partial charge >= 0.3 is 0 Å². The maximum atomic E-state index is 6.53. The Labute approximate surface area is 133 Å². The Morgan fingerprint density at radius 1 is 1.29 bits per heavy atom. The molecule has 1 N–H and O–H groups in total. The fraction of sp³-hybridized carbons (Fsp3) is 0.706. The van der Waals surface area contributed by atoms with Crippen molar-refractivity contribution in [2.75, 3.05) is 18.0 Å². The zero-order valence-electron chi connectivity index (χ0n) is 12.9. The quantitative estimate of drug-likeness (QED) is 0.891. The largest absolute Gasteiger partial charge is 0.352 e. The van der Waals surface area contributed by atoms with Crippen LogP contribution >= 0.6 is 11.6 Å². The molecule has 1 aromatic heterocycles. The number of hydrogen-bond acceptors (Lipinski definition) is 3. The molecule has 116 valence electrons. The molecule has 1 aliphatic carbocycles. The van der Waals surface area contributed by atoms with Gasteiger partial charge in [-0.15, -0.1) is 0 Å². The van der Waals surface area contributed by atoms with Crippen LogP contribution in [0.5, 0.6) is 0 Å². The van der Waals surface area contributed by atoms with E-state index in [-0.39, 0.29) is 0 Å². The minimum Gasteiger partial charge on any atom is -0.352 e. The number of nitrogens with zero attached hydrogens (tertiary/aromatic N) is 2. The molecule has 3 nitrogen and oxygen atoms in total. The van der Waals surface area contributed by atoms with E-state index in [2.05, 4.69) is 28.2 Å². The van der Waals surface area contributed by atoms with E-state index in [0.717, 1.165) is 36.4 Å². The lowest BCUT2D eigenvalue weighted by Gasteiger charge is -2.31. The number of hydrogen-bond donors (Lipinski definition) is 1. The SMILES string of the molecule is CCNCc1cnc(N2CCCC2C2CCCC2)c(Cl)c1. The lowest BCUT2D eigenvalue weighted by molar-refractivity contribution is 0.429. The van der Waals surface area contributed by atoms with Crippen LogP contribution in [-0.4, -0.2) is 24.1 Å². The fourth-order valence-corrected chi connectivity index (χ4v) is 4.23. The molecule has 2 heterocycles. The summed E-state index contributed by atoms with van der Waals surface area (Å²) in [6, 6.07) is 2.74. The van der Waals surface area contributed by atoms with Gasteiger partial charge in [-0.3, -0.25) is 0 Å². The lowest BCUT2D eigenvalue weighted by atomic mass is 9.96. The van der Waals surface area contributed by atoms with E-state index >= 15 is 0 Å². The summed E-state index contributed by atoms with van der Waals surface area (Å²) in [5.74, 6) is 1.86. The van der Waals surface area contributed by atoms with E-state index in [1.807, 2.05) is 6.20 Å². The maximum absolute atomic E-state index is 6.53. The number of aromatic nitrogens is 1. The first-order valence-electron chi connectivity index (χ1n) is 8.41. The molecular weight excluding hydrogens is 282 g/mol. The summed E-state index contributed by atoms with van der Waals surface area (Å²) in [5.41, 5.74) is 1.17. The maximum Gasteiger partial charge on any atom is 0.147 e. The topological polar surface area (TPSA) is 28.2 Å². The molecule has 0 bridgehead atoms. The zero-order valence-corrected chi connectivity index (χ0v) is 13.7. The third-order valence-corrected chi connectivity index (χ3v) is 5.25. The molecule has 1 saturated carbocycles. The van der Waals surface area contributed by atoms with Crippen molar-refractivity contribution in [3.63, 3.8) is 0 Å². The van der Waals surface area contributed by atoms with Crippen LogP contribution in [0.4, 0.5) is 5.82 Å². The minimum absolute atomic E-state index is 0.664. The standard InChI is InChI=1S/C17H26ClN3/c1-2-19-11-13-10-15(18)17(20-12-13)21-9-5-8-16(21)14-6-3-4-7-14/h10,12,14,16,19H,2-9,11H2,1H3. The van der Waals surface area contributed by atoms with Crippen molar-refractivity contribution in [3.8, 4) is 0 Å². The predicted molar refractivity (Wildman–Crippen MR) is 89.0 cm³/mol. The van der Waals surface area contributed by atoms with Gasteiger partial charge in [-0.05, 0) is 49.8 Å². The molecule has 1 unspecified atom stereocenters. The van der Waals surface area contributed by atoms with Gasteiger partial charge in [0.05, 0.1) is 5.02 Å². The van der Waals surface area contributed by atoms with Gasteiger partial charge in [-0.2, -0.15) is 0 Å². The monoisotopic (exact) mass is 307 g/mol. The average Bonchev–Trinajstić information content (AvgIpc) is 3.15. The predicted octanol–water partition coefficient (Wildman–Crippen LogP) is 4.00. The molecule has 0 spiro atoms. The van der Waals surface area contributed by atoms with Gasteiger partial charge in [-0.1, -0.05) is 31.4 Å². The zero-order chi connectivity index (χ0) is 14.7. The van der Waals surface area contributed by atoms with Crippen molar-refractivity contribution in [1.29, 1.82) is 0 Å². The molecule has 1 atom stereocenters. The number of pyridine rings is 1. The molecule has 21 heavy (non-hydrogen) atoms. The van der Waals surface area contributed by atoms with Gasteiger partial charge in [0.25, 0.3) is 0 Å². The smallest absolute Gasteiger partial charge is 0.147 e. The molecule has 2 aliphatic rings. The summed E-state index contributed by atoms with van der Waals surface area (Å²) in [5, 5.41) is 4.14. The Bertz CT molecular complexity index is 471. The molecule has 0 radical (unpaired) electrons. The summed E-state index contributed by atoms with van der Waals surface area (Å²) in [7, 11) is 0. The van der Waals surface area contributed by atoms with E-state index in [1.165, 1.54) is 44.1 Å². The first kappa shape index (κ1) is 15.1. The molecule has 4 heteroatoms. The van der Waals surface area contributed by atoms with Crippen molar-refractivity contribution in [1.82, 2.24) is 10.3 Å². The molecule has 3 rings (SSSR count). The van der Waals surface area contributed by atoms with Crippen LogP contribution in [0, 0.1) is 5.92 Å². The van der Waals surface area contributed by atoms with Gasteiger partial charge in [0.15, 0.2) is 0 Å². The highest BCUT2D eigenvalue weighted by atomic mass is 35.5. The van der Waals surface area contributed by atoms with E-state index in [1.54, 1.807) is 0 Å². The number of halogens is 1. The van der Waals surface area contributed by atoms with Crippen LogP contribution < -0.4 is 10.2 Å². The second-order valence-corrected chi connectivity index (χ2v) is 6.78. The summed E-state index contributed by atoms with van der Waals surface area (Å²) < 4.78 is 0. The minimum atomic E-state index is 0.664. The Morgan fingerprint density at radius 3 is 2.81 bits per heavy atom. The van der Waals surface area contributed by atoms with Crippen molar-refractivity contribution in [3.05, 3.63) is 22.8 Å². The second-order valence-electron chi connectivity index (χ2n) is 6.38. The van der Waals surface area contributed by atoms with Crippen LogP contribution in [0.15, 0.2) is 12.3 Å². The van der Waals surface area contributed by atoms with Gasteiger partial charge in [-0.25, -0.2) is 4.98 Å². The van der Waals surface area contributed by atoms with E-state index in [0.29, 0.717) is 6.04 Å². The molecule has 1 saturated heterocycles. The van der Waals surface area contributed by atoms with E-state index in [4.69, 9.17) is 11.6 Å². The third-order valence-electron chi connectivity index (χ3n) is 4.97. The average molecular weight is 308 g/mol. The number of anilines is 1. The highest BCUT2D eigenvalue weighted by Crippen LogP contribution is 2.39. The normalized spacial score (nSPS) is 23.1. The van der Waals surface area contributed by atoms with Crippen molar-refractivity contribution < 1.29 is 0 Å². The van der Waals surface area contributed by atoms with Gasteiger partial charge in [0.1, 0.15) is 5.82 Å². The summed E-state index contributed by atoms with van der Waals surface area (Å²) in [6.07, 6.45) is 10.1. The number of rotatable bonds is 5. The molecule has 1 aliphatic heterocycles. The molecular formula is C17H26ClN3. The van der Waals surface area contributed by atoms with Crippen molar-refractivity contribution >= 4 is 17.4 Å². The Balaban J connectivity index is 1.75. The Hall–Kier alpha value is -0.800. The Morgan fingerprint density at radius 2 is 2.10 bits per heavy atom. The first-order chi connectivity index (χ1) is 10.3. The van der Waals surface area contributed by atoms with E-state index in [9.17, 15) is 0 Å². The summed E-state index contributed by atoms with van der Waals surface area (Å²) >= 11 is 6.53. The van der Waals surface area contributed by atoms with Crippen LogP contribution in [-0.2, 0) is 6.54 Å². The summed E-state index contributed by atoms with van der Waals surface area (Å²) in [4.78, 5) is 7.17.